The molecule has 2 rings (SSSR count). The predicted octanol–water partition coefficient (Wildman–Crippen LogP) is 3.89. The summed E-state index contributed by atoms with van der Waals surface area (Å²) < 4.78 is 12.4. The van der Waals surface area contributed by atoms with Gasteiger partial charge in [0, 0.05) is 6.61 Å². The lowest BCUT2D eigenvalue weighted by molar-refractivity contribution is -0.185. The molecule has 0 radical (unpaired) electrons. The first-order chi connectivity index (χ1) is 8.34. The van der Waals surface area contributed by atoms with Crippen LogP contribution in [0.2, 0.25) is 0 Å². The summed E-state index contributed by atoms with van der Waals surface area (Å²) in [6, 6.07) is 0. The van der Waals surface area contributed by atoms with Crippen LogP contribution in [0.25, 0.3) is 0 Å². The van der Waals surface area contributed by atoms with Crippen LogP contribution < -0.4 is 0 Å². The quantitative estimate of drug-likeness (QED) is 0.758. The smallest absolute Gasteiger partial charge is 0.157 e. The molecular formula is C13H24O2S2. The van der Waals surface area contributed by atoms with E-state index in [1.54, 1.807) is 0 Å². The average molecular weight is 276 g/mol. The van der Waals surface area contributed by atoms with Crippen LogP contribution >= 0.6 is 23.5 Å². The molecule has 2 nitrogen and oxygen atoms in total. The lowest BCUT2D eigenvalue weighted by Gasteiger charge is -2.27. The minimum atomic E-state index is 0.0745. The number of rotatable bonds is 5. The SMILES string of the molecule is CC(CCC1SCCCS1)OC1CCCCO1. The Morgan fingerprint density at radius 3 is 2.76 bits per heavy atom. The van der Waals surface area contributed by atoms with Crippen molar-refractivity contribution in [2.45, 2.75) is 62.4 Å². The molecule has 0 aromatic heterocycles. The van der Waals surface area contributed by atoms with Gasteiger partial charge in [-0.2, -0.15) is 0 Å². The molecule has 2 aliphatic heterocycles. The molecule has 2 unspecified atom stereocenters. The standard InChI is InChI=1S/C13H24O2S2/c1-11(15-12-5-2-3-8-14-12)6-7-13-16-9-4-10-17-13/h11-13H,2-10H2,1H3. The van der Waals surface area contributed by atoms with Gasteiger partial charge in [0.15, 0.2) is 6.29 Å². The lowest BCUT2D eigenvalue weighted by atomic mass is 10.2. The van der Waals surface area contributed by atoms with Crippen molar-refractivity contribution in [2.75, 3.05) is 18.1 Å². The van der Waals surface area contributed by atoms with Gasteiger partial charge in [0.2, 0.25) is 0 Å². The molecule has 2 saturated heterocycles. The molecule has 0 N–H and O–H groups in total. The Bertz CT molecular complexity index is 202. The van der Waals surface area contributed by atoms with Crippen LogP contribution in [-0.2, 0) is 9.47 Å². The van der Waals surface area contributed by atoms with Crippen LogP contribution in [0, 0.1) is 0 Å². The molecule has 0 aromatic carbocycles. The van der Waals surface area contributed by atoms with Crippen molar-refractivity contribution in [3.8, 4) is 0 Å². The predicted molar refractivity (Wildman–Crippen MR) is 76.7 cm³/mol. The van der Waals surface area contributed by atoms with Crippen LogP contribution in [0.5, 0.6) is 0 Å². The fourth-order valence-electron chi connectivity index (χ4n) is 2.22. The summed E-state index contributed by atoms with van der Waals surface area (Å²) >= 11 is 4.25. The van der Waals surface area contributed by atoms with Crippen LogP contribution in [0.1, 0.15) is 45.4 Å². The molecule has 0 amide bonds. The Morgan fingerprint density at radius 2 is 2.06 bits per heavy atom. The molecule has 0 aromatic rings. The molecule has 2 aliphatic rings. The Labute approximate surface area is 114 Å². The normalized spacial score (nSPS) is 29.1. The zero-order valence-electron chi connectivity index (χ0n) is 10.7. The summed E-state index contributed by atoms with van der Waals surface area (Å²) in [5.74, 6) is 2.69. The maximum absolute atomic E-state index is 5.94. The summed E-state index contributed by atoms with van der Waals surface area (Å²) in [7, 11) is 0. The highest BCUT2D eigenvalue weighted by Gasteiger charge is 2.19. The van der Waals surface area contributed by atoms with Gasteiger partial charge in [-0.25, -0.2) is 0 Å². The van der Waals surface area contributed by atoms with Gasteiger partial charge < -0.3 is 9.47 Å². The van der Waals surface area contributed by atoms with E-state index in [4.69, 9.17) is 9.47 Å². The van der Waals surface area contributed by atoms with E-state index in [2.05, 4.69) is 30.4 Å². The van der Waals surface area contributed by atoms with Crippen molar-refractivity contribution in [2.24, 2.45) is 0 Å². The second kappa shape index (κ2) is 7.93. The summed E-state index contributed by atoms with van der Waals surface area (Å²) in [6.07, 6.45) is 7.79. The molecule has 0 spiro atoms. The molecule has 17 heavy (non-hydrogen) atoms. The van der Waals surface area contributed by atoms with Gasteiger partial charge in [-0.3, -0.25) is 0 Å². The lowest BCUT2D eigenvalue weighted by Crippen LogP contribution is -2.27. The molecule has 100 valence electrons. The first kappa shape index (κ1) is 14.0. The van der Waals surface area contributed by atoms with Crippen molar-refractivity contribution in [3.05, 3.63) is 0 Å². The van der Waals surface area contributed by atoms with E-state index in [0.717, 1.165) is 17.6 Å². The van der Waals surface area contributed by atoms with Crippen molar-refractivity contribution < 1.29 is 9.47 Å². The van der Waals surface area contributed by atoms with Crippen molar-refractivity contribution in [3.63, 3.8) is 0 Å². The van der Waals surface area contributed by atoms with Gasteiger partial charge >= 0.3 is 0 Å². The van der Waals surface area contributed by atoms with Gasteiger partial charge in [-0.15, -0.1) is 23.5 Å². The number of ether oxygens (including phenoxy) is 2. The summed E-state index contributed by atoms with van der Waals surface area (Å²) in [4.78, 5) is 0. The molecular weight excluding hydrogens is 252 g/mol. The first-order valence-electron chi connectivity index (χ1n) is 6.85. The molecule has 2 atom stereocenters. The van der Waals surface area contributed by atoms with Crippen LogP contribution in [-0.4, -0.2) is 35.1 Å². The highest BCUT2D eigenvalue weighted by atomic mass is 32.2. The fraction of sp³-hybridized carbons (Fsp3) is 1.00. The van der Waals surface area contributed by atoms with Gasteiger partial charge in [0.25, 0.3) is 0 Å². The van der Waals surface area contributed by atoms with E-state index in [-0.39, 0.29) is 6.29 Å². The molecule has 0 bridgehead atoms. The van der Waals surface area contributed by atoms with Gasteiger partial charge in [0.1, 0.15) is 0 Å². The summed E-state index contributed by atoms with van der Waals surface area (Å²) in [5, 5.41) is 0. The Morgan fingerprint density at radius 1 is 1.24 bits per heavy atom. The van der Waals surface area contributed by atoms with E-state index in [1.165, 1.54) is 43.6 Å². The minimum absolute atomic E-state index is 0.0745. The second-order valence-electron chi connectivity index (χ2n) is 4.84. The van der Waals surface area contributed by atoms with Crippen molar-refractivity contribution in [1.29, 1.82) is 0 Å². The summed E-state index contributed by atoms with van der Waals surface area (Å²) in [5.41, 5.74) is 0. The van der Waals surface area contributed by atoms with Crippen LogP contribution in [0.15, 0.2) is 0 Å². The highest BCUT2D eigenvalue weighted by molar-refractivity contribution is 8.17. The van der Waals surface area contributed by atoms with Gasteiger partial charge in [-0.1, -0.05) is 0 Å². The third-order valence-corrected chi connectivity index (χ3v) is 6.31. The zero-order chi connectivity index (χ0) is 11.9. The molecule has 0 aliphatic carbocycles. The topological polar surface area (TPSA) is 18.5 Å². The zero-order valence-corrected chi connectivity index (χ0v) is 12.4. The second-order valence-corrected chi connectivity index (χ2v) is 7.76. The van der Waals surface area contributed by atoms with E-state index in [0.29, 0.717) is 6.10 Å². The maximum atomic E-state index is 5.94. The van der Waals surface area contributed by atoms with Crippen molar-refractivity contribution in [1.82, 2.24) is 0 Å². The third kappa shape index (κ3) is 5.41. The fourth-order valence-corrected chi connectivity index (χ4v) is 5.12. The molecule has 2 heterocycles. The van der Waals surface area contributed by atoms with Crippen LogP contribution in [0.3, 0.4) is 0 Å². The van der Waals surface area contributed by atoms with E-state index >= 15 is 0 Å². The Hall–Kier alpha value is 0.620. The van der Waals surface area contributed by atoms with Crippen molar-refractivity contribution >= 4 is 23.5 Å². The first-order valence-corrected chi connectivity index (χ1v) is 8.94. The Kier molecular flexibility index (Phi) is 6.54. The van der Waals surface area contributed by atoms with E-state index in [1.807, 2.05) is 0 Å². The number of thioether (sulfide) groups is 2. The number of hydrogen-bond acceptors (Lipinski definition) is 4. The third-order valence-electron chi connectivity index (χ3n) is 3.23. The summed E-state index contributed by atoms with van der Waals surface area (Å²) in [6.45, 7) is 3.07. The highest BCUT2D eigenvalue weighted by Crippen LogP contribution is 2.34. The van der Waals surface area contributed by atoms with Gasteiger partial charge in [-0.05, 0) is 57.0 Å². The average Bonchev–Trinajstić information content (AvgIpc) is 2.39. The van der Waals surface area contributed by atoms with E-state index < -0.39 is 0 Å². The monoisotopic (exact) mass is 276 g/mol. The maximum Gasteiger partial charge on any atom is 0.157 e. The Balaban J connectivity index is 1.57. The largest absolute Gasteiger partial charge is 0.353 e. The number of hydrogen-bond donors (Lipinski definition) is 0. The molecule has 2 fully saturated rings. The van der Waals surface area contributed by atoms with Gasteiger partial charge in [0.05, 0.1) is 10.7 Å². The van der Waals surface area contributed by atoms with Crippen LogP contribution in [0.4, 0.5) is 0 Å². The van der Waals surface area contributed by atoms with E-state index in [9.17, 15) is 0 Å². The molecule has 4 heteroatoms. The minimum Gasteiger partial charge on any atom is -0.353 e. The molecule has 0 saturated carbocycles.